The van der Waals surface area contributed by atoms with Gasteiger partial charge in [0.15, 0.2) is 6.10 Å². The molecule has 1 heterocycles. The van der Waals surface area contributed by atoms with Gasteiger partial charge in [-0.05, 0) is 45.7 Å². The highest BCUT2D eigenvalue weighted by Crippen LogP contribution is 2.28. The zero-order valence-corrected chi connectivity index (χ0v) is 15.3. The molecule has 1 amide bonds. The van der Waals surface area contributed by atoms with Crippen LogP contribution in [0.25, 0.3) is 0 Å². The topological polar surface area (TPSA) is 41.6 Å². The van der Waals surface area contributed by atoms with Crippen molar-refractivity contribution in [2.45, 2.75) is 51.8 Å². The lowest BCUT2D eigenvalue weighted by atomic mass is 10.0. The minimum Gasteiger partial charge on any atom is -0.479 e. The first-order chi connectivity index (χ1) is 10.9. The molecule has 0 radical (unpaired) electrons. The van der Waals surface area contributed by atoms with Crippen LogP contribution in [0.15, 0.2) is 18.2 Å². The smallest absolute Gasteiger partial charge is 0.260 e. The molecule has 0 aromatic heterocycles. The number of halogens is 2. The van der Waals surface area contributed by atoms with Gasteiger partial charge in [-0.15, -0.1) is 0 Å². The predicted octanol–water partition coefficient (Wildman–Crippen LogP) is 3.75. The number of carbonyl (C=O) groups excluding carboxylic acids is 1. The zero-order valence-electron chi connectivity index (χ0n) is 13.8. The maximum absolute atomic E-state index is 12.3. The maximum atomic E-state index is 12.3. The first-order valence-corrected chi connectivity index (χ1v) is 8.78. The van der Waals surface area contributed by atoms with Crippen LogP contribution >= 0.6 is 23.2 Å². The monoisotopic (exact) mass is 358 g/mol. The van der Waals surface area contributed by atoms with Gasteiger partial charge in [0.1, 0.15) is 5.75 Å². The fourth-order valence-corrected chi connectivity index (χ4v) is 3.01. The Labute approximate surface area is 148 Å². The van der Waals surface area contributed by atoms with E-state index in [4.69, 9.17) is 27.9 Å². The van der Waals surface area contributed by atoms with Crippen molar-refractivity contribution >= 4 is 29.1 Å². The Morgan fingerprint density at radius 1 is 1.26 bits per heavy atom. The molecule has 1 aliphatic rings. The van der Waals surface area contributed by atoms with Gasteiger partial charge >= 0.3 is 0 Å². The number of nitrogens with zero attached hydrogens (tertiary/aromatic N) is 1. The molecule has 1 N–H and O–H groups in total. The average Bonchev–Trinajstić information content (AvgIpc) is 2.51. The largest absolute Gasteiger partial charge is 0.479 e. The van der Waals surface area contributed by atoms with Gasteiger partial charge in [-0.1, -0.05) is 23.2 Å². The third-order valence-electron chi connectivity index (χ3n) is 4.17. The molecule has 23 heavy (non-hydrogen) atoms. The van der Waals surface area contributed by atoms with Gasteiger partial charge in [-0.2, -0.15) is 0 Å². The van der Waals surface area contributed by atoms with E-state index >= 15 is 0 Å². The van der Waals surface area contributed by atoms with Crippen molar-refractivity contribution < 1.29 is 9.53 Å². The Morgan fingerprint density at radius 3 is 2.52 bits per heavy atom. The van der Waals surface area contributed by atoms with Crippen molar-refractivity contribution in [2.75, 3.05) is 13.1 Å². The molecule has 1 aliphatic heterocycles. The van der Waals surface area contributed by atoms with E-state index in [1.165, 1.54) is 0 Å². The summed E-state index contributed by atoms with van der Waals surface area (Å²) in [5.74, 6) is 0.306. The summed E-state index contributed by atoms with van der Waals surface area (Å²) in [6.45, 7) is 8.14. The highest BCUT2D eigenvalue weighted by atomic mass is 35.5. The highest BCUT2D eigenvalue weighted by molar-refractivity contribution is 6.34. The average molecular weight is 359 g/mol. The number of rotatable bonds is 5. The molecule has 1 atom stereocenters. The minimum atomic E-state index is -0.617. The summed E-state index contributed by atoms with van der Waals surface area (Å²) in [6, 6.07) is 5.72. The van der Waals surface area contributed by atoms with Crippen molar-refractivity contribution in [3.05, 3.63) is 28.2 Å². The number of nitrogens with one attached hydrogen (secondary N) is 1. The SMILES string of the molecule is CC(C)N1CCC(NC(=O)[C@@H](C)Oc2cc(Cl)ccc2Cl)CC1. The van der Waals surface area contributed by atoms with Crippen LogP contribution in [0.4, 0.5) is 0 Å². The van der Waals surface area contributed by atoms with Crippen LogP contribution in [0.5, 0.6) is 5.75 Å². The van der Waals surface area contributed by atoms with E-state index in [0.29, 0.717) is 21.8 Å². The third kappa shape index (κ3) is 5.27. The third-order valence-corrected chi connectivity index (χ3v) is 4.72. The molecule has 0 saturated carbocycles. The molecular weight excluding hydrogens is 335 g/mol. The lowest BCUT2D eigenvalue weighted by Crippen LogP contribution is -2.49. The molecule has 128 valence electrons. The Kier molecular flexibility index (Phi) is 6.57. The maximum Gasteiger partial charge on any atom is 0.260 e. The van der Waals surface area contributed by atoms with Crippen LogP contribution in [-0.2, 0) is 4.79 Å². The summed E-state index contributed by atoms with van der Waals surface area (Å²) in [6.07, 6.45) is 1.32. The van der Waals surface area contributed by atoms with Gasteiger partial charge in [0.2, 0.25) is 0 Å². The van der Waals surface area contributed by atoms with Crippen LogP contribution in [0.1, 0.15) is 33.6 Å². The van der Waals surface area contributed by atoms with E-state index < -0.39 is 6.10 Å². The Balaban J connectivity index is 1.85. The molecule has 0 bridgehead atoms. The number of piperidine rings is 1. The molecule has 1 aromatic rings. The van der Waals surface area contributed by atoms with Gasteiger partial charge in [-0.25, -0.2) is 0 Å². The summed E-state index contributed by atoms with van der Waals surface area (Å²) in [4.78, 5) is 14.7. The van der Waals surface area contributed by atoms with E-state index in [1.807, 2.05) is 0 Å². The van der Waals surface area contributed by atoms with E-state index in [2.05, 4.69) is 24.1 Å². The van der Waals surface area contributed by atoms with Crippen molar-refractivity contribution in [2.24, 2.45) is 0 Å². The second-order valence-electron chi connectivity index (χ2n) is 6.25. The molecule has 4 nitrogen and oxygen atoms in total. The highest BCUT2D eigenvalue weighted by Gasteiger charge is 2.24. The van der Waals surface area contributed by atoms with Crippen molar-refractivity contribution in [3.63, 3.8) is 0 Å². The van der Waals surface area contributed by atoms with Crippen molar-refractivity contribution in [3.8, 4) is 5.75 Å². The fraction of sp³-hybridized carbons (Fsp3) is 0.588. The standard InChI is InChI=1S/C17H24Cl2N2O2/c1-11(2)21-8-6-14(7-9-21)20-17(22)12(3)23-16-10-13(18)4-5-15(16)19/h4-5,10-12,14H,6-9H2,1-3H3,(H,20,22)/t12-/m1/s1. The molecule has 1 saturated heterocycles. The Hall–Kier alpha value is -0.970. The lowest BCUT2D eigenvalue weighted by molar-refractivity contribution is -0.128. The summed E-state index contributed by atoms with van der Waals surface area (Å²) >= 11 is 12.0. The number of likely N-dealkylation sites (tertiary alicyclic amines) is 1. The number of hydrogen-bond acceptors (Lipinski definition) is 3. The number of ether oxygens (including phenoxy) is 1. The molecule has 0 unspecified atom stereocenters. The van der Waals surface area contributed by atoms with Gasteiger partial charge in [-0.3, -0.25) is 4.79 Å². The number of benzene rings is 1. The van der Waals surface area contributed by atoms with Gasteiger partial charge in [0.05, 0.1) is 5.02 Å². The Morgan fingerprint density at radius 2 is 1.91 bits per heavy atom. The van der Waals surface area contributed by atoms with E-state index in [1.54, 1.807) is 25.1 Å². The number of hydrogen-bond donors (Lipinski definition) is 1. The van der Waals surface area contributed by atoms with E-state index in [-0.39, 0.29) is 11.9 Å². The summed E-state index contributed by atoms with van der Waals surface area (Å²) < 4.78 is 5.65. The summed E-state index contributed by atoms with van der Waals surface area (Å²) in [5.41, 5.74) is 0. The quantitative estimate of drug-likeness (QED) is 0.871. The fourth-order valence-electron chi connectivity index (χ4n) is 2.69. The molecule has 2 rings (SSSR count). The Bertz CT molecular complexity index is 543. The van der Waals surface area contributed by atoms with Crippen molar-refractivity contribution in [1.29, 1.82) is 0 Å². The molecule has 0 aliphatic carbocycles. The van der Waals surface area contributed by atoms with Gasteiger partial charge in [0, 0.05) is 36.3 Å². The van der Waals surface area contributed by atoms with Crippen LogP contribution < -0.4 is 10.1 Å². The van der Waals surface area contributed by atoms with Crippen molar-refractivity contribution in [1.82, 2.24) is 10.2 Å². The predicted molar refractivity (Wildman–Crippen MR) is 94.4 cm³/mol. The molecule has 0 spiro atoms. The number of amides is 1. The second-order valence-corrected chi connectivity index (χ2v) is 7.09. The van der Waals surface area contributed by atoms with Crippen LogP contribution in [-0.4, -0.2) is 42.1 Å². The molecule has 6 heteroatoms. The van der Waals surface area contributed by atoms with Crippen LogP contribution in [0.3, 0.4) is 0 Å². The molecule has 1 fully saturated rings. The van der Waals surface area contributed by atoms with Gasteiger partial charge < -0.3 is 15.0 Å². The lowest BCUT2D eigenvalue weighted by Gasteiger charge is -2.35. The minimum absolute atomic E-state index is 0.121. The molecule has 1 aromatic carbocycles. The first kappa shape index (κ1) is 18.4. The van der Waals surface area contributed by atoms with Gasteiger partial charge in [0.25, 0.3) is 5.91 Å². The number of carbonyl (C=O) groups is 1. The zero-order chi connectivity index (χ0) is 17.0. The van der Waals surface area contributed by atoms with E-state index in [0.717, 1.165) is 25.9 Å². The first-order valence-electron chi connectivity index (χ1n) is 8.03. The van der Waals surface area contributed by atoms with E-state index in [9.17, 15) is 4.79 Å². The van der Waals surface area contributed by atoms with Crippen LogP contribution in [0, 0.1) is 0 Å². The summed E-state index contributed by atoms with van der Waals surface area (Å²) in [7, 11) is 0. The normalized spacial score (nSPS) is 18.0. The summed E-state index contributed by atoms with van der Waals surface area (Å²) in [5, 5.41) is 4.04. The second kappa shape index (κ2) is 8.22. The van der Waals surface area contributed by atoms with Crippen LogP contribution in [0.2, 0.25) is 10.0 Å². The molecular formula is C17H24Cl2N2O2.